The summed E-state index contributed by atoms with van der Waals surface area (Å²) in [5.74, 6) is -0.379. The molecule has 0 aliphatic heterocycles. The molecule has 13 heavy (non-hydrogen) atoms. The van der Waals surface area contributed by atoms with Gasteiger partial charge in [0.1, 0.15) is 16.7 Å². The minimum atomic E-state index is -1.20. The summed E-state index contributed by atoms with van der Waals surface area (Å²) in [5.41, 5.74) is -0.0318. The van der Waals surface area contributed by atoms with Gasteiger partial charge in [0.05, 0.1) is 0 Å². The third-order valence-electron chi connectivity index (χ3n) is 1.29. The molecule has 0 radical (unpaired) electrons. The van der Waals surface area contributed by atoms with E-state index < -0.39 is 17.0 Å². The highest BCUT2D eigenvalue weighted by molar-refractivity contribution is 7.86. The van der Waals surface area contributed by atoms with E-state index in [0.29, 0.717) is 5.75 Å². The molecule has 3 N–H and O–H groups in total. The zero-order valence-electron chi connectivity index (χ0n) is 6.90. The van der Waals surface area contributed by atoms with Crippen LogP contribution in [0.3, 0.4) is 0 Å². The molecular formula is C6H9N3O3S. The van der Waals surface area contributed by atoms with Crippen LogP contribution in [0.15, 0.2) is 6.07 Å². The van der Waals surface area contributed by atoms with Crippen LogP contribution >= 0.6 is 0 Å². The zero-order valence-corrected chi connectivity index (χ0v) is 7.72. The Morgan fingerprint density at radius 2 is 2.54 bits per heavy atom. The van der Waals surface area contributed by atoms with Crippen LogP contribution in [0.4, 0.5) is 5.82 Å². The van der Waals surface area contributed by atoms with Gasteiger partial charge in [-0.2, -0.15) is 5.10 Å². The number of aromatic carboxylic acids is 1. The molecule has 0 aromatic carbocycles. The normalized spacial score (nSPS) is 12.4. The van der Waals surface area contributed by atoms with Crippen LogP contribution in [-0.2, 0) is 11.0 Å². The zero-order chi connectivity index (χ0) is 9.84. The molecular weight excluding hydrogens is 194 g/mol. The Labute approximate surface area is 76.9 Å². The number of nitrogens with one attached hydrogen (secondary N) is 2. The fourth-order valence-electron chi connectivity index (χ4n) is 0.672. The largest absolute Gasteiger partial charge is 0.477 e. The first kappa shape index (κ1) is 9.72. The molecule has 0 spiro atoms. The third-order valence-corrected chi connectivity index (χ3v) is 2.25. The minimum absolute atomic E-state index is 0.0318. The van der Waals surface area contributed by atoms with Crippen LogP contribution in [0.25, 0.3) is 0 Å². The summed E-state index contributed by atoms with van der Waals surface area (Å²) in [6.45, 7) is 1.74. The average molecular weight is 203 g/mol. The fourth-order valence-corrected chi connectivity index (χ4v) is 1.15. The van der Waals surface area contributed by atoms with E-state index >= 15 is 0 Å². The summed E-state index contributed by atoms with van der Waals surface area (Å²) in [6.07, 6.45) is 0. The summed E-state index contributed by atoms with van der Waals surface area (Å²) in [4.78, 5) is 10.4. The van der Waals surface area contributed by atoms with Crippen molar-refractivity contribution in [2.75, 3.05) is 10.5 Å². The van der Waals surface area contributed by atoms with Gasteiger partial charge in [-0.05, 0) is 0 Å². The second-order valence-corrected chi connectivity index (χ2v) is 3.68. The highest BCUT2D eigenvalue weighted by atomic mass is 32.2. The topological polar surface area (TPSA) is 95.1 Å². The molecule has 6 nitrogen and oxygen atoms in total. The van der Waals surface area contributed by atoms with Crippen molar-refractivity contribution in [2.45, 2.75) is 6.92 Å². The molecule has 0 fully saturated rings. The number of carbonyl (C=O) groups is 1. The summed E-state index contributed by atoms with van der Waals surface area (Å²) in [5, 5.41) is 14.4. The van der Waals surface area contributed by atoms with E-state index in [2.05, 4.69) is 14.9 Å². The van der Waals surface area contributed by atoms with E-state index in [1.54, 1.807) is 6.92 Å². The van der Waals surface area contributed by atoms with Gasteiger partial charge in [0.15, 0.2) is 5.82 Å². The van der Waals surface area contributed by atoms with Gasteiger partial charge >= 0.3 is 5.97 Å². The lowest BCUT2D eigenvalue weighted by atomic mass is 10.4. The smallest absolute Gasteiger partial charge is 0.353 e. The Bertz CT molecular complexity index is 336. The lowest BCUT2D eigenvalue weighted by molar-refractivity contribution is 0.0690. The molecule has 0 aliphatic rings. The maximum absolute atomic E-state index is 11.0. The second kappa shape index (κ2) is 4.04. The number of aromatic nitrogens is 2. The molecule has 72 valence electrons. The van der Waals surface area contributed by atoms with E-state index in [4.69, 9.17) is 5.11 Å². The molecule has 1 rings (SSSR count). The van der Waals surface area contributed by atoms with E-state index in [0.717, 1.165) is 0 Å². The monoisotopic (exact) mass is 203 g/mol. The SMILES string of the molecule is CCS(=O)Nc1cc(C(=O)O)[nH]n1. The highest BCUT2D eigenvalue weighted by Crippen LogP contribution is 2.05. The molecule has 1 aromatic rings. The van der Waals surface area contributed by atoms with Crippen molar-refractivity contribution in [3.63, 3.8) is 0 Å². The van der Waals surface area contributed by atoms with E-state index in [1.165, 1.54) is 6.07 Å². The maximum Gasteiger partial charge on any atom is 0.353 e. The number of anilines is 1. The van der Waals surface area contributed by atoms with Gasteiger partial charge in [-0.25, -0.2) is 9.00 Å². The number of nitrogens with zero attached hydrogens (tertiary/aromatic N) is 1. The first-order valence-corrected chi connectivity index (χ1v) is 4.89. The molecule has 0 amide bonds. The van der Waals surface area contributed by atoms with Gasteiger partial charge in [0.2, 0.25) is 0 Å². The molecule has 0 saturated heterocycles. The van der Waals surface area contributed by atoms with Gasteiger partial charge in [0, 0.05) is 11.8 Å². The first-order valence-electron chi connectivity index (χ1n) is 3.57. The van der Waals surface area contributed by atoms with Crippen molar-refractivity contribution >= 4 is 22.8 Å². The predicted octanol–water partition coefficient (Wildman–Crippen LogP) is 0.203. The molecule has 1 unspecified atom stereocenters. The molecule has 7 heteroatoms. The van der Waals surface area contributed by atoms with Crippen LogP contribution in [0.1, 0.15) is 17.4 Å². The van der Waals surface area contributed by atoms with Crippen LogP contribution in [0, 0.1) is 0 Å². The number of carboxylic acid groups (broad SMARTS) is 1. The van der Waals surface area contributed by atoms with Crippen molar-refractivity contribution in [3.8, 4) is 0 Å². The Morgan fingerprint density at radius 3 is 3.00 bits per heavy atom. The summed E-state index contributed by atoms with van der Waals surface area (Å²) >= 11 is 0. The Morgan fingerprint density at radius 1 is 1.85 bits per heavy atom. The van der Waals surface area contributed by atoms with Crippen LogP contribution in [0.2, 0.25) is 0 Å². The number of carboxylic acids is 1. The summed E-state index contributed by atoms with van der Waals surface area (Å²) in [7, 11) is -1.20. The average Bonchev–Trinajstić information content (AvgIpc) is 2.52. The molecule has 0 bridgehead atoms. The highest BCUT2D eigenvalue weighted by Gasteiger charge is 2.07. The lowest BCUT2D eigenvalue weighted by Crippen LogP contribution is -2.06. The maximum atomic E-state index is 11.0. The van der Waals surface area contributed by atoms with Crippen LogP contribution in [-0.4, -0.2) is 31.2 Å². The molecule has 0 aliphatic carbocycles. The summed E-state index contributed by atoms with van der Waals surface area (Å²) < 4.78 is 13.5. The number of hydrogen-bond donors (Lipinski definition) is 3. The number of rotatable bonds is 4. The van der Waals surface area contributed by atoms with Gasteiger partial charge in [-0.3, -0.25) is 9.82 Å². The van der Waals surface area contributed by atoms with Crippen molar-refractivity contribution in [1.82, 2.24) is 10.2 Å². The van der Waals surface area contributed by atoms with Gasteiger partial charge < -0.3 is 5.11 Å². The quantitative estimate of drug-likeness (QED) is 0.651. The first-order chi connectivity index (χ1) is 6.13. The van der Waals surface area contributed by atoms with Gasteiger partial charge in [-0.1, -0.05) is 6.92 Å². The molecule has 0 saturated carbocycles. The standard InChI is InChI=1S/C6H9N3O3S/c1-2-13(12)9-5-3-4(6(10)11)7-8-5/h3H,2H2,1H3,(H,10,11)(H2,7,8,9). The van der Waals surface area contributed by atoms with Crippen molar-refractivity contribution in [2.24, 2.45) is 0 Å². The Hall–Kier alpha value is -1.37. The minimum Gasteiger partial charge on any atom is -0.477 e. The number of H-pyrrole nitrogens is 1. The van der Waals surface area contributed by atoms with Crippen LogP contribution in [0.5, 0.6) is 0 Å². The van der Waals surface area contributed by atoms with Crippen molar-refractivity contribution < 1.29 is 14.1 Å². The van der Waals surface area contributed by atoms with Gasteiger partial charge in [0.25, 0.3) is 0 Å². The van der Waals surface area contributed by atoms with E-state index in [9.17, 15) is 9.00 Å². The number of hydrogen-bond acceptors (Lipinski definition) is 3. The van der Waals surface area contributed by atoms with Crippen molar-refractivity contribution in [3.05, 3.63) is 11.8 Å². The van der Waals surface area contributed by atoms with Crippen molar-refractivity contribution in [1.29, 1.82) is 0 Å². The van der Waals surface area contributed by atoms with E-state index in [1.807, 2.05) is 0 Å². The molecule has 1 atom stereocenters. The van der Waals surface area contributed by atoms with Gasteiger partial charge in [-0.15, -0.1) is 0 Å². The second-order valence-electron chi connectivity index (χ2n) is 2.21. The molecule has 1 heterocycles. The van der Waals surface area contributed by atoms with Crippen LogP contribution < -0.4 is 4.72 Å². The summed E-state index contributed by atoms with van der Waals surface area (Å²) in [6, 6.07) is 1.29. The fraction of sp³-hybridized carbons (Fsp3) is 0.333. The number of aromatic amines is 1. The van der Waals surface area contributed by atoms with E-state index in [-0.39, 0.29) is 11.5 Å². The Kier molecular flexibility index (Phi) is 3.02. The third kappa shape index (κ3) is 2.55. The molecule has 1 aromatic heterocycles. The lowest BCUT2D eigenvalue weighted by Gasteiger charge is -1.96. The Balaban J connectivity index is 2.69. The predicted molar refractivity (Wildman–Crippen MR) is 47.9 cm³/mol.